The van der Waals surface area contributed by atoms with E-state index in [-0.39, 0.29) is 18.5 Å². The third-order valence-electron chi connectivity index (χ3n) is 3.38. The maximum Gasteiger partial charge on any atom is 0.494 e. The number of hydrogen-bond donors (Lipinski definition) is 0. The van der Waals surface area contributed by atoms with E-state index in [1.54, 1.807) is 7.05 Å². The SMILES string of the molecule is Cc1cc(B2OCC(C)(C)O2)cc2c1oc(=O)n2C. The van der Waals surface area contributed by atoms with Crippen molar-refractivity contribution in [3.63, 3.8) is 0 Å². The highest BCUT2D eigenvalue weighted by Crippen LogP contribution is 2.22. The van der Waals surface area contributed by atoms with Crippen LogP contribution in [0.3, 0.4) is 0 Å². The van der Waals surface area contributed by atoms with Gasteiger partial charge in [-0.25, -0.2) is 4.79 Å². The highest BCUT2D eigenvalue weighted by Gasteiger charge is 2.38. The number of benzene rings is 1. The van der Waals surface area contributed by atoms with E-state index in [2.05, 4.69) is 0 Å². The predicted octanol–water partition coefficient (Wildman–Crippen LogP) is 0.961. The normalized spacial score (nSPS) is 18.4. The first-order valence-corrected chi connectivity index (χ1v) is 6.27. The number of oxazole rings is 1. The van der Waals surface area contributed by atoms with E-state index in [1.165, 1.54) is 4.57 Å². The highest BCUT2D eigenvalue weighted by molar-refractivity contribution is 6.62. The molecule has 1 fully saturated rings. The quantitative estimate of drug-likeness (QED) is 0.717. The minimum absolute atomic E-state index is 0.282. The van der Waals surface area contributed by atoms with Crippen molar-refractivity contribution in [2.75, 3.05) is 6.61 Å². The molecule has 0 saturated carbocycles. The Balaban J connectivity index is 2.11. The van der Waals surface area contributed by atoms with Crippen LogP contribution in [0.25, 0.3) is 11.1 Å². The zero-order chi connectivity index (χ0) is 13.8. The highest BCUT2D eigenvalue weighted by atomic mass is 16.7. The molecule has 0 amide bonds. The molecule has 0 atom stereocenters. The predicted molar refractivity (Wildman–Crippen MR) is 72.7 cm³/mol. The Hall–Kier alpha value is -1.53. The summed E-state index contributed by atoms with van der Waals surface area (Å²) in [5, 5.41) is 0. The summed E-state index contributed by atoms with van der Waals surface area (Å²) in [6.07, 6.45) is 0. The standard InChI is InChI=1S/C13H16BNO4/c1-8-5-9(14-17-7-13(2,3)19-14)6-10-11(8)18-12(16)15(10)4/h5-6H,7H2,1-4H3. The zero-order valence-electron chi connectivity index (χ0n) is 11.5. The molecule has 6 heteroatoms. The average molecular weight is 261 g/mol. The Bertz CT molecular complexity index is 700. The third kappa shape index (κ3) is 2.01. The van der Waals surface area contributed by atoms with Crippen LogP contribution in [0.1, 0.15) is 19.4 Å². The van der Waals surface area contributed by atoms with Crippen LogP contribution in [0.2, 0.25) is 0 Å². The van der Waals surface area contributed by atoms with E-state index in [0.717, 1.165) is 16.5 Å². The first kappa shape index (κ1) is 12.5. The molecule has 1 aromatic heterocycles. The van der Waals surface area contributed by atoms with Crippen LogP contribution < -0.4 is 11.2 Å². The minimum atomic E-state index is -0.386. The Morgan fingerprint density at radius 1 is 1.37 bits per heavy atom. The molecule has 1 aromatic carbocycles. The van der Waals surface area contributed by atoms with Gasteiger partial charge in [-0.15, -0.1) is 0 Å². The topological polar surface area (TPSA) is 53.6 Å². The number of fused-ring (bicyclic) bond motifs is 1. The fourth-order valence-electron chi connectivity index (χ4n) is 2.35. The molecular weight excluding hydrogens is 245 g/mol. The fraction of sp³-hybridized carbons (Fsp3) is 0.462. The summed E-state index contributed by atoms with van der Waals surface area (Å²) in [6, 6.07) is 3.83. The molecule has 0 N–H and O–H groups in total. The average Bonchev–Trinajstić information content (AvgIpc) is 2.83. The van der Waals surface area contributed by atoms with Gasteiger partial charge in [0.2, 0.25) is 0 Å². The van der Waals surface area contributed by atoms with Gasteiger partial charge >= 0.3 is 12.9 Å². The van der Waals surface area contributed by atoms with Crippen LogP contribution in [0, 0.1) is 6.92 Å². The van der Waals surface area contributed by atoms with Crippen LogP contribution in [-0.2, 0) is 16.4 Å². The van der Waals surface area contributed by atoms with E-state index in [9.17, 15) is 4.79 Å². The first-order chi connectivity index (χ1) is 8.87. The molecule has 0 radical (unpaired) electrons. The third-order valence-corrected chi connectivity index (χ3v) is 3.38. The largest absolute Gasteiger partial charge is 0.494 e. The molecule has 19 heavy (non-hydrogen) atoms. The lowest BCUT2D eigenvalue weighted by molar-refractivity contribution is 0.137. The Morgan fingerprint density at radius 3 is 2.74 bits per heavy atom. The molecule has 2 heterocycles. The van der Waals surface area contributed by atoms with Gasteiger partial charge in [-0.2, -0.15) is 0 Å². The van der Waals surface area contributed by atoms with Crippen LogP contribution >= 0.6 is 0 Å². The maximum atomic E-state index is 11.6. The van der Waals surface area contributed by atoms with Gasteiger partial charge in [0, 0.05) is 7.05 Å². The van der Waals surface area contributed by atoms with Crippen molar-refractivity contribution in [2.45, 2.75) is 26.4 Å². The summed E-state index contributed by atoms with van der Waals surface area (Å²) in [4.78, 5) is 11.6. The second kappa shape index (κ2) is 3.98. The summed E-state index contributed by atoms with van der Waals surface area (Å²) in [5.74, 6) is -0.358. The van der Waals surface area contributed by atoms with Gasteiger partial charge in [-0.05, 0) is 37.9 Å². The van der Waals surface area contributed by atoms with Crippen molar-refractivity contribution >= 4 is 23.7 Å². The van der Waals surface area contributed by atoms with Gasteiger partial charge in [0.05, 0.1) is 17.7 Å². The van der Waals surface area contributed by atoms with Crippen LogP contribution in [0.15, 0.2) is 21.3 Å². The second-order valence-electron chi connectivity index (χ2n) is 5.63. The molecule has 1 aliphatic rings. The van der Waals surface area contributed by atoms with Crippen LogP contribution in [0.4, 0.5) is 0 Å². The zero-order valence-corrected chi connectivity index (χ0v) is 11.5. The second-order valence-corrected chi connectivity index (χ2v) is 5.63. The number of hydrogen-bond acceptors (Lipinski definition) is 4. The van der Waals surface area contributed by atoms with Crippen LogP contribution in [-0.4, -0.2) is 23.9 Å². The van der Waals surface area contributed by atoms with Crippen molar-refractivity contribution in [1.82, 2.24) is 4.57 Å². The van der Waals surface area contributed by atoms with E-state index < -0.39 is 0 Å². The summed E-state index contributed by atoms with van der Waals surface area (Å²) >= 11 is 0. The maximum absolute atomic E-state index is 11.6. The van der Waals surface area contributed by atoms with Crippen molar-refractivity contribution in [2.24, 2.45) is 7.05 Å². The van der Waals surface area contributed by atoms with E-state index in [0.29, 0.717) is 12.2 Å². The van der Waals surface area contributed by atoms with Crippen molar-refractivity contribution < 1.29 is 13.7 Å². The van der Waals surface area contributed by atoms with E-state index >= 15 is 0 Å². The van der Waals surface area contributed by atoms with Gasteiger partial charge in [-0.3, -0.25) is 4.57 Å². The molecule has 100 valence electrons. The molecule has 0 spiro atoms. The molecule has 0 bridgehead atoms. The Labute approximate surface area is 111 Å². The fourth-order valence-corrected chi connectivity index (χ4v) is 2.35. The number of rotatable bonds is 1. The summed E-state index contributed by atoms with van der Waals surface area (Å²) in [6.45, 7) is 6.45. The smallest absolute Gasteiger partial charge is 0.407 e. The molecule has 1 aliphatic heterocycles. The van der Waals surface area contributed by atoms with Gasteiger partial charge in [0.1, 0.15) is 0 Å². The van der Waals surface area contributed by atoms with Crippen molar-refractivity contribution in [3.05, 3.63) is 28.2 Å². The van der Waals surface area contributed by atoms with E-state index in [1.807, 2.05) is 32.9 Å². The molecule has 1 saturated heterocycles. The van der Waals surface area contributed by atoms with Gasteiger partial charge in [0.25, 0.3) is 0 Å². The summed E-state index contributed by atoms with van der Waals surface area (Å²) in [5.41, 5.74) is 2.91. The molecule has 0 unspecified atom stereocenters. The minimum Gasteiger partial charge on any atom is -0.407 e. The van der Waals surface area contributed by atoms with E-state index in [4.69, 9.17) is 13.7 Å². The first-order valence-electron chi connectivity index (χ1n) is 6.27. The molecule has 0 aliphatic carbocycles. The number of nitrogens with zero attached hydrogens (tertiary/aromatic N) is 1. The van der Waals surface area contributed by atoms with Gasteiger partial charge < -0.3 is 13.7 Å². The molecule has 2 aromatic rings. The lowest BCUT2D eigenvalue weighted by Gasteiger charge is -2.15. The summed E-state index contributed by atoms with van der Waals surface area (Å²) < 4.78 is 18.2. The molecular formula is C13H16BNO4. The van der Waals surface area contributed by atoms with Crippen molar-refractivity contribution in [1.29, 1.82) is 0 Å². The Kier molecular flexibility index (Phi) is 2.62. The molecule has 3 rings (SSSR count). The number of aryl methyl sites for hydroxylation is 2. The summed E-state index contributed by atoms with van der Waals surface area (Å²) in [7, 11) is 1.31. The van der Waals surface area contributed by atoms with Gasteiger partial charge in [-0.1, -0.05) is 6.07 Å². The molecule has 5 nitrogen and oxygen atoms in total. The number of aromatic nitrogens is 1. The van der Waals surface area contributed by atoms with Gasteiger partial charge in [0.15, 0.2) is 5.58 Å². The lowest BCUT2D eigenvalue weighted by Crippen LogP contribution is -2.34. The monoisotopic (exact) mass is 261 g/mol. The van der Waals surface area contributed by atoms with Crippen LogP contribution in [0.5, 0.6) is 0 Å². The Morgan fingerprint density at radius 2 is 2.11 bits per heavy atom. The lowest BCUT2D eigenvalue weighted by atomic mass is 9.78. The van der Waals surface area contributed by atoms with Crippen molar-refractivity contribution in [3.8, 4) is 0 Å².